The van der Waals surface area contributed by atoms with Gasteiger partial charge in [-0.3, -0.25) is 4.68 Å². The number of benzene rings is 1. The van der Waals surface area contributed by atoms with Crippen molar-refractivity contribution in [1.29, 1.82) is 0 Å². The summed E-state index contributed by atoms with van der Waals surface area (Å²) < 4.78 is 8.55. The van der Waals surface area contributed by atoms with E-state index in [1.165, 1.54) is 0 Å². The zero-order valence-electron chi connectivity index (χ0n) is 13.9. The molecule has 0 aliphatic rings. The molecule has 0 fully saturated rings. The van der Waals surface area contributed by atoms with Crippen LogP contribution in [0.5, 0.6) is 5.75 Å². The minimum atomic E-state index is -0.836. The summed E-state index contributed by atoms with van der Waals surface area (Å²) in [6, 6.07) is 11.1. The van der Waals surface area contributed by atoms with Crippen molar-refractivity contribution in [2.24, 2.45) is 7.05 Å². The van der Waals surface area contributed by atoms with Gasteiger partial charge in [-0.15, -0.1) is 0 Å². The van der Waals surface area contributed by atoms with Gasteiger partial charge in [-0.05, 0) is 29.8 Å². The fourth-order valence-electron chi connectivity index (χ4n) is 2.74. The van der Waals surface area contributed by atoms with Crippen LogP contribution in [0.2, 0.25) is 0 Å². The van der Waals surface area contributed by atoms with Crippen molar-refractivity contribution in [3.8, 4) is 17.0 Å². The SMILES string of the molecule is COc1ccc(C(O)c2cnc3ccc(-c4cnn(C)c4)nn23)cc1. The van der Waals surface area contributed by atoms with Crippen molar-refractivity contribution in [3.05, 3.63) is 66.2 Å². The number of aromatic nitrogens is 5. The van der Waals surface area contributed by atoms with Gasteiger partial charge in [0, 0.05) is 18.8 Å². The molecule has 1 atom stereocenters. The van der Waals surface area contributed by atoms with E-state index < -0.39 is 6.10 Å². The molecule has 4 rings (SSSR count). The molecule has 7 heteroatoms. The lowest BCUT2D eigenvalue weighted by molar-refractivity contribution is 0.212. The van der Waals surface area contributed by atoms with Crippen LogP contribution in [0.25, 0.3) is 16.9 Å². The lowest BCUT2D eigenvalue weighted by Crippen LogP contribution is -2.06. The highest BCUT2D eigenvalue weighted by Crippen LogP contribution is 2.25. The van der Waals surface area contributed by atoms with Crippen LogP contribution in [-0.4, -0.2) is 36.6 Å². The number of fused-ring (bicyclic) bond motifs is 1. The van der Waals surface area contributed by atoms with E-state index in [2.05, 4.69) is 15.2 Å². The molecular weight excluding hydrogens is 318 g/mol. The van der Waals surface area contributed by atoms with Gasteiger partial charge in [0.15, 0.2) is 5.65 Å². The van der Waals surface area contributed by atoms with E-state index in [4.69, 9.17) is 4.74 Å². The maximum Gasteiger partial charge on any atom is 0.153 e. The Morgan fingerprint density at radius 2 is 1.88 bits per heavy atom. The molecule has 7 nitrogen and oxygen atoms in total. The molecule has 0 amide bonds. The number of ether oxygens (including phenoxy) is 1. The Kier molecular flexibility index (Phi) is 3.70. The largest absolute Gasteiger partial charge is 0.497 e. The van der Waals surface area contributed by atoms with Gasteiger partial charge in [0.2, 0.25) is 0 Å². The summed E-state index contributed by atoms with van der Waals surface area (Å²) in [5.74, 6) is 0.742. The summed E-state index contributed by atoms with van der Waals surface area (Å²) in [6.07, 6.45) is 4.46. The second-order valence-corrected chi connectivity index (χ2v) is 5.75. The molecule has 3 heterocycles. The van der Waals surface area contributed by atoms with Crippen molar-refractivity contribution in [1.82, 2.24) is 24.4 Å². The van der Waals surface area contributed by atoms with Crippen LogP contribution < -0.4 is 4.74 Å². The predicted octanol–water partition coefficient (Wildman–Crippen LogP) is 2.22. The van der Waals surface area contributed by atoms with Crippen molar-refractivity contribution < 1.29 is 9.84 Å². The predicted molar refractivity (Wildman–Crippen MR) is 92.2 cm³/mol. The first-order valence-electron chi connectivity index (χ1n) is 7.81. The standard InChI is InChI=1S/C18H17N5O2/c1-22-11-13(9-20-22)15-7-8-17-19-10-16(23(17)21-15)18(24)12-3-5-14(25-2)6-4-12/h3-11,18,24H,1-2H3. The molecule has 0 saturated heterocycles. The fourth-order valence-corrected chi connectivity index (χ4v) is 2.74. The Bertz CT molecular complexity index is 1020. The van der Waals surface area contributed by atoms with Crippen LogP contribution in [-0.2, 0) is 7.05 Å². The third-order valence-corrected chi connectivity index (χ3v) is 4.10. The number of nitrogens with zero attached hydrogens (tertiary/aromatic N) is 5. The molecule has 0 bridgehead atoms. The highest BCUT2D eigenvalue weighted by atomic mass is 16.5. The van der Waals surface area contributed by atoms with Gasteiger partial charge in [-0.25, -0.2) is 9.50 Å². The number of imidazole rings is 1. The van der Waals surface area contributed by atoms with Crippen LogP contribution in [0.1, 0.15) is 17.4 Å². The first-order valence-corrected chi connectivity index (χ1v) is 7.81. The number of aliphatic hydroxyl groups is 1. The monoisotopic (exact) mass is 335 g/mol. The van der Waals surface area contributed by atoms with Gasteiger partial charge in [0.1, 0.15) is 11.9 Å². The fraction of sp³-hybridized carbons (Fsp3) is 0.167. The Balaban J connectivity index is 1.75. The molecule has 126 valence electrons. The van der Waals surface area contributed by atoms with Crippen LogP contribution >= 0.6 is 0 Å². The van der Waals surface area contributed by atoms with Gasteiger partial charge >= 0.3 is 0 Å². The minimum absolute atomic E-state index is 0.603. The lowest BCUT2D eigenvalue weighted by Gasteiger charge is -2.11. The molecule has 0 radical (unpaired) electrons. The number of hydrogen-bond donors (Lipinski definition) is 1. The van der Waals surface area contributed by atoms with Crippen LogP contribution in [0.4, 0.5) is 0 Å². The minimum Gasteiger partial charge on any atom is -0.497 e. The van der Waals surface area contributed by atoms with E-state index in [0.29, 0.717) is 11.3 Å². The smallest absolute Gasteiger partial charge is 0.153 e. The maximum atomic E-state index is 10.7. The third-order valence-electron chi connectivity index (χ3n) is 4.10. The molecular formula is C18H17N5O2. The third kappa shape index (κ3) is 2.74. The normalized spacial score (nSPS) is 12.4. The lowest BCUT2D eigenvalue weighted by atomic mass is 10.1. The summed E-state index contributed by atoms with van der Waals surface area (Å²) in [7, 11) is 3.47. The summed E-state index contributed by atoms with van der Waals surface area (Å²) in [4.78, 5) is 4.33. The Morgan fingerprint density at radius 3 is 2.56 bits per heavy atom. The van der Waals surface area contributed by atoms with E-state index >= 15 is 0 Å². The zero-order chi connectivity index (χ0) is 17.4. The van der Waals surface area contributed by atoms with Gasteiger partial charge in [0.25, 0.3) is 0 Å². The van der Waals surface area contributed by atoms with Gasteiger partial charge in [0.05, 0.1) is 30.9 Å². The van der Waals surface area contributed by atoms with Crippen molar-refractivity contribution in [2.75, 3.05) is 7.11 Å². The second-order valence-electron chi connectivity index (χ2n) is 5.75. The first-order chi connectivity index (χ1) is 12.2. The van der Waals surface area contributed by atoms with E-state index in [9.17, 15) is 5.11 Å². The summed E-state index contributed by atoms with van der Waals surface area (Å²) in [5.41, 5.74) is 3.70. The van der Waals surface area contributed by atoms with Crippen molar-refractivity contribution in [3.63, 3.8) is 0 Å². The van der Waals surface area contributed by atoms with E-state index in [-0.39, 0.29) is 0 Å². The highest BCUT2D eigenvalue weighted by molar-refractivity contribution is 5.58. The Labute approximate surface area is 144 Å². The van der Waals surface area contributed by atoms with Gasteiger partial charge in [-0.2, -0.15) is 10.2 Å². The van der Waals surface area contributed by atoms with Crippen LogP contribution in [0.15, 0.2) is 55.0 Å². The second kappa shape index (κ2) is 6.03. The molecule has 0 saturated carbocycles. The average molecular weight is 335 g/mol. The summed E-state index contributed by atoms with van der Waals surface area (Å²) >= 11 is 0. The maximum absolute atomic E-state index is 10.7. The van der Waals surface area contributed by atoms with E-state index in [1.54, 1.807) is 28.7 Å². The molecule has 0 spiro atoms. The first kappa shape index (κ1) is 15.3. The Hall–Kier alpha value is -3.19. The molecule has 0 aliphatic heterocycles. The summed E-state index contributed by atoms with van der Waals surface area (Å²) in [6.45, 7) is 0. The molecule has 1 aromatic carbocycles. The highest BCUT2D eigenvalue weighted by Gasteiger charge is 2.17. The average Bonchev–Trinajstić information content (AvgIpc) is 3.27. The number of methoxy groups -OCH3 is 1. The van der Waals surface area contributed by atoms with Crippen molar-refractivity contribution >= 4 is 5.65 Å². The molecule has 0 aliphatic carbocycles. The number of aryl methyl sites for hydroxylation is 1. The molecule has 4 aromatic rings. The topological polar surface area (TPSA) is 77.5 Å². The zero-order valence-corrected chi connectivity index (χ0v) is 13.9. The molecule has 3 aromatic heterocycles. The number of aliphatic hydroxyl groups excluding tert-OH is 1. The molecule has 1 unspecified atom stereocenters. The number of rotatable bonds is 4. The van der Waals surface area contributed by atoms with Crippen LogP contribution in [0.3, 0.4) is 0 Å². The van der Waals surface area contributed by atoms with E-state index in [1.807, 2.05) is 49.6 Å². The quantitative estimate of drug-likeness (QED) is 0.619. The molecule has 25 heavy (non-hydrogen) atoms. The van der Waals surface area contributed by atoms with Gasteiger partial charge < -0.3 is 9.84 Å². The molecule has 1 N–H and O–H groups in total. The van der Waals surface area contributed by atoms with Gasteiger partial charge in [-0.1, -0.05) is 12.1 Å². The van der Waals surface area contributed by atoms with E-state index in [0.717, 1.165) is 22.6 Å². The summed E-state index contributed by atoms with van der Waals surface area (Å²) in [5, 5.41) is 19.5. The van der Waals surface area contributed by atoms with Crippen molar-refractivity contribution in [2.45, 2.75) is 6.10 Å². The number of hydrogen-bond acceptors (Lipinski definition) is 5. The Morgan fingerprint density at radius 1 is 1.08 bits per heavy atom. The van der Waals surface area contributed by atoms with Crippen LogP contribution in [0, 0.1) is 0 Å².